The second kappa shape index (κ2) is 10.7. The molecule has 0 aliphatic rings. The summed E-state index contributed by atoms with van der Waals surface area (Å²) in [4.78, 5) is 26.2. The maximum absolute atomic E-state index is 14.1. The highest BCUT2D eigenvalue weighted by atomic mass is 32.2. The monoisotopic (exact) mass is 489 g/mol. The Bertz CT molecular complexity index is 1240. The van der Waals surface area contributed by atoms with Crippen LogP contribution in [0.15, 0.2) is 65.6 Å². The maximum atomic E-state index is 14.1. The van der Waals surface area contributed by atoms with E-state index in [9.17, 15) is 22.4 Å². The van der Waals surface area contributed by atoms with Gasteiger partial charge in [0, 0.05) is 4.88 Å². The first-order valence-electron chi connectivity index (χ1n) is 10.2. The minimum absolute atomic E-state index is 0.00564. The number of rotatable bonds is 8. The van der Waals surface area contributed by atoms with Gasteiger partial charge in [0.05, 0.1) is 4.88 Å². The highest BCUT2D eigenvalue weighted by Crippen LogP contribution is 2.22. The Morgan fingerprint density at radius 3 is 2.33 bits per heavy atom. The molecular formula is C23H24FN3O4S2. The van der Waals surface area contributed by atoms with Crippen LogP contribution in [0.2, 0.25) is 0 Å². The first-order chi connectivity index (χ1) is 15.7. The van der Waals surface area contributed by atoms with Gasteiger partial charge in [0.2, 0.25) is 10.0 Å². The lowest BCUT2D eigenvalue weighted by atomic mass is 10.1. The van der Waals surface area contributed by atoms with Gasteiger partial charge in [-0.3, -0.25) is 20.4 Å². The lowest BCUT2D eigenvalue weighted by Crippen LogP contribution is -2.53. The molecule has 33 heavy (non-hydrogen) atoms. The number of carbonyl (C=O) groups excluding carboxylic acids is 2. The molecule has 1 heterocycles. The molecule has 7 nitrogen and oxygen atoms in total. The van der Waals surface area contributed by atoms with Crippen LogP contribution < -0.4 is 15.6 Å². The number of thiophene rings is 1. The third-order valence-electron chi connectivity index (χ3n) is 4.89. The topological polar surface area (TPSA) is 104 Å². The fourth-order valence-corrected chi connectivity index (χ4v) is 5.48. The highest BCUT2D eigenvalue weighted by molar-refractivity contribution is 7.89. The molecule has 2 aromatic carbocycles. The average Bonchev–Trinajstić information content (AvgIpc) is 3.18. The van der Waals surface area contributed by atoms with Crippen LogP contribution in [0.5, 0.6) is 0 Å². The first kappa shape index (κ1) is 24.6. The molecule has 10 heteroatoms. The molecule has 3 rings (SSSR count). The number of hydrogen-bond donors (Lipinski definition) is 3. The number of halogens is 1. The van der Waals surface area contributed by atoms with E-state index < -0.39 is 38.6 Å². The molecule has 0 aliphatic carbocycles. The number of carbonyl (C=O) groups is 2. The van der Waals surface area contributed by atoms with E-state index in [0.717, 1.165) is 29.0 Å². The van der Waals surface area contributed by atoms with Gasteiger partial charge in [-0.1, -0.05) is 49.4 Å². The van der Waals surface area contributed by atoms with Crippen molar-refractivity contribution in [1.29, 1.82) is 0 Å². The van der Waals surface area contributed by atoms with Crippen molar-refractivity contribution in [3.63, 3.8) is 0 Å². The molecule has 0 unspecified atom stereocenters. The Balaban J connectivity index is 1.77. The summed E-state index contributed by atoms with van der Waals surface area (Å²) in [6.07, 6.45) is 0.779. The van der Waals surface area contributed by atoms with Gasteiger partial charge in [0.15, 0.2) is 0 Å². The quantitative estimate of drug-likeness (QED) is 0.423. The van der Waals surface area contributed by atoms with Crippen LogP contribution in [0, 0.1) is 12.7 Å². The van der Waals surface area contributed by atoms with Crippen LogP contribution >= 0.6 is 11.3 Å². The molecule has 0 saturated heterocycles. The van der Waals surface area contributed by atoms with E-state index in [1.807, 2.05) is 13.8 Å². The Morgan fingerprint density at radius 1 is 1.03 bits per heavy atom. The van der Waals surface area contributed by atoms with Crippen molar-refractivity contribution in [1.82, 2.24) is 15.6 Å². The average molecular weight is 490 g/mol. The SMILES string of the molecule is CCc1sc(C(=O)NNC(=O)[C@H](Cc2ccccc2)NS(=O)(=O)c2ccccc2F)cc1C. The molecule has 0 spiro atoms. The van der Waals surface area contributed by atoms with Crippen molar-refractivity contribution in [3.05, 3.63) is 87.4 Å². The van der Waals surface area contributed by atoms with E-state index in [4.69, 9.17) is 0 Å². The van der Waals surface area contributed by atoms with E-state index in [0.29, 0.717) is 10.4 Å². The van der Waals surface area contributed by atoms with Crippen molar-refractivity contribution in [2.45, 2.75) is 37.6 Å². The lowest BCUT2D eigenvalue weighted by Gasteiger charge is -2.19. The van der Waals surface area contributed by atoms with Gasteiger partial charge in [-0.25, -0.2) is 12.8 Å². The number of benzene rings is 2. The number of aryl methyl sites for hydroxylation is 2. The molecule has 1 aromatic heterocycles. The van der Waals surface area contributed by atoms with Crippen molar-refractivity contribution in [2.75, 3.05) is 0 Å². The van der Waals surface area contributed by atoms with Gasteiger partial charge >= 0.3 is 0 Å². The van der Waals surface area contributed by atoms with Gasteiger partial charge in [-0.05, 0) is 49.1 Å². The highest BCUT2D eigenvalue weighted by Gasteiger charge is 2.28. The predicted octanol–water partition coefficient (Wildman–Crippen LogP) is 3.11. The lowest BCUT2D eigenvalue weighted by molar-refractivity contribution is -0.123. The molecule has 174 valence electrons. The standard InChI is InChI=1S/C23H24FN3O4S2/c1-3-19-15(2)13-20(32-19)23(29)26-25-22(28)18(14-16-9-5-4-6-10-16)27-33(30,31)21-12-8-7-11-17(21)24/h4-13,18,27H,3,14H2,1-2H3,(H,25,28)(H,26,29)/t18-/m0/s1. The van der Waals surface area contributed by atoms with E-state index in [-0.39, 0.29) is 6.42 Å². The molecule has 0 aliphatic heterocycles. The van der Waals surface area contributed by atoms with Crippen molar-refractivity contribution >= 4 is 33.2 Å². The predicted molar refractivity (Wildman–Crippen MR) is 125 cm³/mol. The maximum Gasteiger partial charge on any atom is 0.279 e. The molecule has 2 amide bonds. The Hall–Kier alpha value is -3.08. The van der Waals surface area contributed by atoms with Gasteiger partial charge in [-0.2, -0.15) is 4.72 Å². The zero-order valence-corrected chi connectivity index (χ0v) is 19.7. The summed E-state index contributed by atoms with van der Waals surface area (Å²) in [6.45, 7) is 3.89. The number of hydrazine groups is 1. The van der Waals surface area contributed by atoms with Crippen molar-refractivity contribution in [3.8, 4) is 0 Å². The largest absolute Gasteiger partial charge is 0.279 e. The summed E-state index contributed by atoms with van der Waals surface area (Å²) >= 11 is 1.32. The zero-order valence-electron chi connectivity index (χ0n) is 18.1. The molecule has 1 atom stereocenters. The van der Waals surface area contributed by atoms with Gasteiger partial charge < -0.3 is 0 Å². The first-order valence-corrected chi connectivity index (χ1v) is 12.5. The molecule has 0 fully saturated rings. The van der Waals surface area contributed by atoms with Crippen LogP contribution in [0.25, 0.3) is 0 Å². The zero-order chi connectivity index (χ0) is 24.0. The molecule has 0 bridgehead atoms. The van der Waals surface area contributed by atoms with Crippen LogP contribution in [0.3, 0.4) is 0 Å². The minimum atomic E-state index is -4.35. The Labute approximate surface area is 196 Å². The molecule has 0 radical (unpaired) electrons. The summed E-state index contributed by atoms with van der Waals surface area (Å²) in [6, 6.07) is 14.1. The van der Waals surface area contributed by atoms with Crippen LogP contribution in [-0.4, -0.2) is 26.3 Å². The Kier molecular flexibility index (Phi) is 7.96. The van der Waals surface area contributed by atoms with Crippen LogP contribution in [0.1, 0.15) is 32.6 Å². The van der Waals surface area contributed by atoms with E-state index in [2.05, 4.69) is 15.6 Å². The van der Waals surface area contributed by atoms with Gasteiger partial charge in [-0.15, -0.1) is 11.3 Å². The third kappa shape index (κ3) is 6.25. The van der Waals surface area contributed by atoms with Crippen LogP contribution in [0.4, 0.5) is 4.39 Å². The summed E-state index contributed by atoms with van der Waals surface area (Å²) in [5, 5.41) is 0. The van der Waals surface area contributed by atoms with Crippen molar-refractivity contribution in [2.24, 2.45) is 0 Å². The smallest absolute Gasteiger partial charge is 0.271 e. The normalized spacial score (nSPS) is 12.2. The summed E-state index contributed by atoms with van der Waals surface area (Å²) in [5.41, 5.74) is 6.28. The molecular weight excluding hydrogens is 465 g/mol. The van der Waals surface area contributed by atoms with Crippen molar-refractivity contribution < 1.29 is 22.4 Å². The summed E-state index contributed by atoms with van der Waals surface area (Å²) in [7, 11) is -4.35. The van der Waals surface area contributed by atoms with Gasteiger partial charge in [0.1, 0.15) is 16.8 Å². The molecule has 3 N–H and O–H groups in total. The summed E-state index contributed by atoms with van der Waals surface area (Å²) in [5.74, 6) is -2.22. The second-order valence-electron chi connectivity index (χ2n) is 7.31. The fraction of sp³-hybridized carbons (Fsp3) is 0.217. The number of sulfonamides is 1. The number of hydrogen-bond acceptors (Lipinski definition) is 5. The van der Waals surface area contributed by atoms with E-state index in [1.165, 1.54) is 23.5 Å². The fourth-order valence-electron chi connectivity index (χ4n) is 3.20. The number of nitrogens with one attached hydrogen (secondary N) is 3. The molecule has 3 aromatic rings. The van der Waals surface area contributed by atoms with Gasteiger partial charge in [0.25, 0.3) is 11.8 Å². The third-order valence-corrected chi connectivity index (χ3v) is 7.77. The second-order valence-corrected chi connectivity index (χ2v) is 10.1. The van der Waals surface area contributed by atoms with E-state index in [1.54, 1.807) is 36.4 Å². The number of amides is 2. The molecule has 0 saturated carbocycles. The Morgan fingerprint density at radius 2 is 1.70 bits per heavy atom. The summed E-state index contributed by atoms with van der Waals surface area (Å²) < 4.78 is 41.9. The van der Waals surface area contributed by atoms with E-state index >= 15 is 0 Å². The van der Waals surface area contributed by atoms with Crippen LogP contribution in [-0.2, 0) is 27.7 Å². The minimum Gasteiger partial charge on any atom is -0.271 e.